The van der Waals surface area contributed by atoms with Crippen LogP contribution in [-0.4, -0.2) is 64.9 Å². The van der Waals surface area contributed by atoms with Crippen LogP contribution < -0.4 is 5.32 Å². The van der Waals surface area contributed by atoms with E-state index in [0.29, 0.717) is 30.6 Å². The van der Waals surface area contributed by atoms with Crippen molar-refractivity contribution in [3.8, 4) is 0 Å². The lowest BCUT2D eigenvalue weighted by molar-refractivity contribution is -0.123. The van der Waals surface area contributed by atoms with Crippen LogP contribution in [0.5, 0.6) is 0 Å². The van der Waals surface area contributed by atoms with Crippen LogP contribution in [0, 0.1) is 24.7 Å². The maximum atomic E-state index is 12.7. The number of hydrogen-bond acceptors (Lipinski definition) is 5. The first-order valence-electron chi connectivity index (χ1n) is 10.2. The van der Waals surface area contributed by atoms with E-state index in [4.69, 9.17) is 0 Å². The fourth-order valence-corrected chi connectivity index (χ4v) is 5.68. The van der Waals surface area contributed by atoms with Crippen LogP contribution in [0.15, 0.2) is 5.38 Å². The SMILES string of the molecule is CC[C@H](C)CN1C[C@H]2C(=O)NC3(CCN(C(=O)c4csc(C)n4)CC3)[C@H]2C1. The van der Waals surface area contributed by atoms with Crippen molar-refractivity contribution in [1.29, 1.82) is 0 Å². The Morgan fingerprint density at radius 2 is 2.15 bits per heavy atom. The van der Waals surface area contributed by atoms with Gasteiger partial charge in [0.1, 0.15) is 5.69 Å². The van der Waals surface area contributed by atoms with Crippen LogP contribution in [-0.2, 0) is 4.79 Å². The van der Waals surface area contributed by atoms with E-state index in [1.165, 1.54) is 17.8 Å². The molecule has 1 aromatic heterocycles. The van der Waals surface area contributed by atoms with Gasteiger partial charge in [0.2, 0.25) is 5.91 Å². The highest BCUT2D eigenvalue weighted by Crippen LogP contribution is 2.44. The lowest BCUT2D eigenvalue weighted by Crippen LogP contribution is -2.56. The molecule has 27 heavy (non-hydrogen) atoms. The third-order valence-corrected chi connectivity index (χ3v) is 7.64. The van der Waals surface area contributed by atoms with Crippen molar-refractivity contribution >= 4 is 23.2 Å². The van der Waals surface area contributed by atoms with Crippen molar-refractivity contribution in [2.45, 2.75) is 45.6 Å². The molecule has 3 aliphatic rings. The first kappa shape index (κ1) is 18.9. The summed E-state index contributed by atoms with van der Waals surface area (Å²) in [5, 5.41) is 6.11. The summed E-state index contributed by atoms with van der Waals surface area (Å²) in [4.78, 5) is 34.1. The highest BCUT2D eigenvalue weighted by Gasteiger charge is 2.57. The molecule has 3 saturated heterocycles. The molecule has 1 aromatic rings. The number of thiazole rings is 1. The number of nitrogens with zero attached hydrogens (tertiary/aromatic N) is 3. The zero-order valence-corrected chi connectivity index (χ0v) is 17.3. The molecule has 7 heteroatoms. The Balaban J connectivity index is 1.41. The Hall–Kier alpha value is -1.47. The summed E-state index contributed by atoms with van der Waals surface area (Å²) in [5.74, 6) is 1.43. The highest BCUT2D eigenvalue weighted by molar-refractivity contribution is 7.09. The maximum Gasteiger partial charge on any atom is 0.273 e. The molecular weight excluding hydrogens is 360 g/mol. The van der Waals surface area contributed by atoms with Gasteiger partial charge in [-0.25, -0.2) is 4.98 Å². The molecule has 148 valence electrons. The van der Waals surface area contributed by atoms with E-state index in [9.17, 15) is 9.59 Å². The Labute approximate surface area is 165 Å². The van der Waals surface area contributed by atoms with Crippen LogP contribution in [0.4, 0.5) is 0 Å². The average Bonchev–Trinajstić information content (AvgIpc) is 3.33. The van der Waals surface area contributed by atoms with Crippen molar-refractivity contribution in [3.05, 3.63) is 16.1 Å². The molecule has 0 unspecified atom stereocenters. The summed E-state index contributed by atoms with van der Waals surface area (Å²) in [6.07, 6.45) is 2.88. The van der Waals surface area contributed by atoms with Gasteiger partial charge in [-0.3, -0.25) is 9.59 Å². The van der Waals surface area contributed by atoms with Gasteiger partial charge >= 0.3 is 0 Å². The predicted molar refractivity (Wildman–Crippen MR) is 106 cm³/mol. The first-order chi connectivity index (χ1) is 12.9. The van der Waals surface area contributed by atoms with E-state index < -0.39 is 0 Å². The topological polar surface area (TPSA) is 65.5 Å². The summed E-state index contributed by atoms with van der Waals surface area (Å²) < 4.78 is 0. The van der Waals surface area contributed by atoms with Crippen molar-refractivity contribution in [1.82, 2.24) is 20.1 Å². The molecule has 6 nitrogen and oxygen atoms in total. The molecule has 3 aliphatic heterocycles. The Morgan fingerprint density at radius 1 is 1.41 bits per heavy atom. The average molecular weight is 391 g/mol. The monoisotopic (exact) mass is 390 g/mol. The summed E-state index contributed by atoms with van der Waals surface area (Å²) in [6.45, 7) is 10.8. The zero-order valence-electron chi connectivity index (χ0n) is 16.5. The quantitative estimate of drug-likeness (QED) is 0.856. The Kier molecular flexibility index (Phi) is 5.01. The summed E-state index contributed by atoms with van der Waals surface area (Å²) in [5.41, 5.74) is 0.433. The predicted octanol–water partition coefficient (Wildman–Crippen LogP) is 2.15. The van der Waals surface area contributed by atoms with E-state index in [0.717, 1.165) is 37.5 Å². The van der Waals surface area contributed by atoms with E-state index in [1.54, 1.807) is 0 Å². The number of amides is 2. The van der Waals surface area contributed by atoms with Gasteiger partial charge in [0.05, 0.1) is 10.9 Å². The van der Waals surface area contributed by atoms with Gasteiger partial charge in [-0.2, -0.15) is 0 Å². The highest BCUT2D eigenvalue weighted by atomic mass is 32.1. The van der Waals surface area contributed by atoms with Crippen molar-refractivity contribution in [3.63, 3.8) is 0 Å². The number of aromatic nitrogens is 1. The van der Waals surface area contributed by atoms with Gasteiger partial charge in [0, 0.05) is 49.6 Å². The van der Waals surface area contributed by atoms with Crippen LogP contribution in [0.2, 0.25) is 0 Å². The molecule has 3 atom stereocenters. The van der Waals surface area contributed by atoms with Crippen LogP contribution in [0.25, 0.3) is 0 Å². The lowest BCUT2D eigenvalue weighted by Gasteiger charge is -2.42. The van der Waals surface area contributed by atoms with Crippen LogP contribution in [0.1, 0.15) is 48.6 Å². The number of piperidine rings is 1. The number of carbonyl (C=O) groups excluding carboxylic acids is 2. The number of carbonyl (C=O) groups is 2. The number of likely N-dealkylation sites (tertiary alicyclic amines) is 2. The van der Waals surface area contributed by atoms with Crippen LogP contribution in [0.3, 0.4) is 0 Å². The summed E-state index contributed by atoms with van der Waals surface area (Å²) in [7, 11) is 0. The maximum absolute atomic E-state index is 12.7. The normalized spacial score (nSPS) is 28.4. The van der Waals surface area contributed by atoms with Crippen molar-refractivity contribution in [2.75, 3.05) is 32.7 Å². The third-order valence-electron chi connectivity index (χ3n) is 6.86. The van der Waals surface area contributed by atoms with Gasteiger partial charge in [-0.1, -0.05) is 20.3 Å². The number of nitrogens with one attached hydrogen (secondary N) is 1. The van der Waals surface area contributed by atoms with E-state index in [-0.39, 0.29) is 23.3 Å². The van der Waals surface area contributed by atoms with Gasteiger partial charge < -0.3 is 15.1 Å². The Morgan fingerprint density at radius 3 is 2.78 bits per heavy atom. The molecule has 1 spiro atoms. The molecular formula is C20H30N4O2S. The number of hydrogen-bond donors (Lipinski definition) is 1. The lowest BCUT2D eigenvalue weighted by atomic mass is 9.75. The van der Waals surface area contributed by atoms with E-state index in [2.05, 4.69) is 29.0 Å². The standard InChI is InChI=1S/C20H30N4O2S/c1-4-13(2)9-23-10-15-16(11-23)20(22-18(15)25)5-7-24(8-6-20)19(26)17-12-27-14(3)21-17/h12-13,15-16H,4-11H2,1-3H3,(H,22,25)/t13-,15+,16-/m0/s1. The summed E-state index contributed by atoms with van der Waals surface area (Å²) in [6, 6.07) is 0. The van der Waals surface area contributed by atoms with Gasteiger partial charge in [0.25, 0.3) is 5.91 Å². The molecule has 0 bridgehead atoms. The Bertz CT molecular complexity index is 725. The minimum absolute atomic E-state index is 0.0277. The third kappa shape index (κ3) is 3.40. The van der Waals surface area contributed by atoms with Gasteiger partial charge in [0.15, 0.2) is 0 Å². The minimum atomic E-state index is -0.124. The second kappa shape index (κ2) is 7.17. The van der Waals surface area contributed by atoms with Crippen molar-refractivity contribution < 1.29 is 9.59 Å². The zero-order chi connectivity index (χ0) is 19.2. The first-order valence-corrected chi connectivity index (χ1v) is 11.1. The number of rotatable bonds is 4. The second-order valence-corrected chi connectivity index (χ2v) is 9.70. The van der Waals surface area contributed by atoms with E-state index >= 15 is 0 Å². The minimum Gasteiger partial charge on any atom is -0.350 e. The molecule has 0 aromatic carbocycles. The smallest absolute Gasteiger partial charge is 0.273 e. The molecule has 3 fully saturated rings. The fraction of sp³-hybridized carbons (Fsp3) is 0.750. The molecule has 4 heterocycles. The van der Waals surface area contributed by atoms with Gasteiger partial charge in [-0.15, -0.1) is 11.3 Å². The van der Waals surface area contributed by atoms with Crippen LogP contribution >= 0.6 is 11.3 Å². The molecule has 2 amide bonds. The molecule has 0 saturated carbocycles. The van der Waals surface area contributed by atoms with E-state index in [1.807, 2.05) is 17.2 Å². The molecule has 0 radical (unpaired) electrons. The summed E-state index contributed by atoms with van der Waals surface area (Å²) >= 11 is 1.51. The number of fused-ring (bicyclic) bond motifs is 2. The molecule has 1 N–H and O–H groups in total. The fourth-order valence-electron chi connectivity index (χ4n) is 5.09. The molecule has 0 aliphatic carbocycles. The second-order valence-electron chi connectivity index (χ2n) is 8.63. The van der Waals surface area contributed by atoms with Gasteiger partial charge in [-0.05, 0) is 25.7 Å². The molecule has 4 rings (SSSR count). The van der Waals surface area contributed by atoms with Crippen molar-refractivity contribution in [2.24, 2.45) is 17.8 Å². The number of aryl methyl sites for hydroxylation is 1. The largest absolute Gasteiger partial charge is 0.350 e.